The Morgan fingerprint density at radius 1 is 1.24 bits per heavy atom. The van der Waals surface area contributed by atoms with Crippen LogP contribution in [0.1, 0.15) is 65.2 Å². The third-order valence-electron chi connectivity index (χ3n) is 5.38. The van der Waals surface area contributed by atoms with E-state index in [1.807, 2.05) is 0 Å². The molecule has 0 amide bonds. The maximum Gasteiger partial charge on any atom is 0.00922 e. The number of allylic oxidation sites excluding steroid dienone is 2. The van der Waals surface area contributed by atoms with Crippen LogP contribution in [0.15, 0.2) is 11.6 Å². The first kappa shape index (κ1) is 17.0. The van der Waals surface area contributed by atoms with Gasteiger partial charge in [0.2, 0.25) is 0 Å². The van der Waals surface area contributed by atoms with Crippen LogP contribution in [0.3, 0.4) is 0 Å². The SMILES string of the molecule is CC1=CC(C)CC(CNCCCN(C)C2CCCCC2)C1. The van der Waals surface area contributed by atoms with Gasteiger partial charge in [-0.1, -0.05) is 37.8 Å². The van der Waals surface area contributed by atoms with E-state index in [1.165, 1.54) is 71.0 Å². The molecular formula is C19H36N2. The summed E-state index contributed by atoms with van der Waals surface area (Å²) < 4.78 is 0. The van der Waals surface area contributed by atoms with E-state index < -0.39 is 0 Å². The monoisotopic (exact) mass is 292 g/mol. The molecule has 0 spiro atoms. The van der Waals surface area contributed by atoms with E-state index in [0.29, 0.717) is 0 Å². The van der Waals surface area contributed by atoms with Crippen molar-refractivity contribution in [1.29, 1.82) is 0 Å². The van der Waals surface area contributed by atoms with Crippen LogP contribution in [0.25, 0.3) is 0 Å². The average Bonchev–Trinajstić information content (AvgIpc) is 2.46. The van der Waals surface area contributed by atoms with Crippen molar-refractivity contribution >= 4 is 0 Å². The van der Waals surface area contributed by atoms with Crippen LogP contribution in [0.4, 0.5) is 0 Å². The number of hydrogen-bond acceptors (Lipinski definition) is 2. The normalized spacial score (nSPS) is 27.9. The second-order valence-corrected chi connectivity index (χ2v) is 7.63. The molecule has 2 heteroatoms. The van der Waals surface area contributed by atoms with Crippen molar-refractivity contribution in [2.45, 2.75) is 71.3 Å². The fraction of sp³-hybridized carbons (Fsp3) is 0.895. The van der Waals surface area contributed by atoms with Gasteiger partial charge >= 0.3 is 0 Å². The van der Waals surface area contributed by atoms with Crippen molar-refractivity contribution in [3.8, 4) is 0 Å². The molecular weight excluding hydrogens is 256 g/mol. The van der Waals surface area contributed by atoms with E-state index in [2.05, 4.69) is 37.2 Å². The van der Waals surface area contributed by atoms with Gasteiger partial charge in [-0.2, -0.15) is 0 Å². The zero-order chi connectivity index (χ0) is 15.1. The van der Waals surface area contributed by atoms with Crippen LogP contribution < -0.4 is 5.32 Å². The molecule has 0 heterocycles. The zero-order valence-electron chi connectivity index (χ0n) is 14.5. The van der Waals surface area contributed by atoms with Crippen LogP contribution in [0, 0.1) is 11.8 Å². The van der Waals surface area contributed by atoms with Gasteiger partial charge in [-0.25, -0.2) is 0 Å². The lowest BCUT2D eigenvalue weighted by atomic mass is 9.84. The number of nitrogens with zero attached hydrogens (tertiary/aromatic N) is 1. The molecule has 2 atom stereocenters. The Morgan fingerprint density at radius 3 is 2.71 bits per heavy atom. The molecule has 2 nitrogen and oxygen atoms in total. The maximum atomic E-state index is 3.70. The molecule has 0 aromatic rings. The molecule has 0 aromatic heterocycles. The van der Waals surface area contributed by atoms with Crippen molar-refractivity contribution in [3.63, 3.8) is 0 Å². The van der Waals surface area contributed by atoms with E-state index in [9.17, 15) is 0 Å². The molecule has 1 saturated carbocycles. The molecule has 1 fully saturated rings. The van der Waals surface area contributed by atoms with Gasteiger partial charge in [0.15, 0.2) is 0 Å². The van der Waals surface area contributed by atoms with Crippen molar-refractivity contribution in [2.24, 2.45) is 11.8 Å². The second kappa shape index (κ2) is 8.95. The highest BCUT2D eigenvalue weighted by Crippen LogP contribution is 2.27. The van der Waals surface area contributed by atoms with Crippen molar-refractivity contribution < 1.29 is 0 Å². The predicted octanol–water partition coefficient (Wildman–Crippen LogP) is 4.22. The minimum absolute atomic E-state index is 0.781. The highest BCUT2D eigenvalue weighted by atomic mass is 15.1. The van der Waals surface area contributed by atoms with Gasteiger partial charge in [0.25, 0.3) is 0 Å². The minimum Gasteiger partial charge on any atom is -0.316 e. The highest BCUT2D eigenvalue weighted by molar-refractivity contribution is 5.06. The molecule has 2 aliphatic carbocycles. The Kier molecular flexibility index (Phi) is 7.25. The molecule has 0 saturated heterocycles. The van der Waals surface area contributed by atoms with E-state index in [0.717, 1.165) is 17.9 Å². The summed E-state index contributed by atoms with van der Waals surface area (Å²) in [6.45, 7) is 8.31. The smallest absolute Gasteiger partial charge is 0.00922 e. The first-order valence-corrected chi connectivity index (χ1v) is 9.23. The lowest BCUT2D eigenvalue weighted by Crippen LogP contribution is -2.35. The van der Waals surface area contributed by atoms with Crippen LogP contribution in [-0.4, -0.2) is 37.6 Å². The summed E-state index contributed by atoms with van der Waals surface area (Å²) in [5.41, 5.74) is 1.59. The molecule has 122 valence electrons. The van der Waals surface area contributed by atoms with Crippen molar-refractivity contribution in [3.05, 3.63) is 11.6 Å². The summed E-state index contributed by atoms with van der Waals surface area (Å²) in [6, 6.07) is 0.866. The Hall–Kier alpha value is -0.340. The molecule has 21 heavy (non-hydrogen) atoms. The van der Waals surface area contributed by atoms with Gasteiger partial charge in [-0.3, -0.25) is 0 Å². The standard InChI is InChI=1S/C19H36N2/c1-16-12-17(2)14-18(13-16)15-20-10-7-11-21(3)19-8-5-4-6-9-19/h12,16,18-20H,4-11,13-15H2,1-3H3. The van der Waals surface area contributed by atoms with Gasteiger partial charge < -0.3 is 10.2 Å². The molecule has 2 aliphatic rings. The Morgan fingerprint density at radius 2 is 2.00 bits per heavy atom. The summed E-state index contributed by atoms with van der Waals surface area (Å²) in [4.78, 5) is 2.61. The number of nitrogens with one attached hydrogen (secondary N) is 1. The minimum atomic E-state index is 0.781. The summed E-state index contributed by atoms with van der Waals surface area (Å²) in [5, 5.41) is 3.70. The molecule has 2 unspecified atom stereocenters. The molecule has 0 bridgehead atoms. The van der Waals surface area contributed by atoms with Crippen LogP contribution in [-0.2, 0) is 0 Å². The second-order valence-electron chi connectivity index (χ2n) is 7.63. The molecule has 2 rings (SSSR count). The van der Waals surface area contributed by atoms with Gasteiger partial charge in [-0.05, 0) is 77.5 Å². The Balaban J connectivity index is 1.52. The molecule has 0 aliphatic heterocycles. The Bertz CT molecular complexity index is 318. The largest absolute Gasteiger partial charge is 0.316 e. The highest BCUT2D eigenvalue weighted by Gasteiger charge is 2.18. The van der Waals surface area contributed by atoms with Crippen molar-refractivity contribution in [2.75, 3.05) is 26.7 Å². The molecule has 0 radical (unpaired) electrons. The summed E-state index contributed by atoms with van der Waals surface area (Å²) in [7, 11) is 2.33. The van der Waals surface area contributed by atoms with Gasteiger partial charge in [-0.15, -0.1) is 0 Å². The van der Waals surface area contributed by atoms with E-state index in [4.69, 9.17) is 0 Å². The maximum absolute atomic E-state index is 3.70. The van der Waals surface area contributed by atoms with Crippen molar-refractivity contribution in [1.82, 2.24) is 10.2 Å². The van der Waals surface area contributed by atoms with E-state index >= 15 is 0 Å². The van der Waals surface area contributed by atoms with E-state index in [-0.39, 0.29) is 0 Å². The molecule has 0 aromatic carbocycles. The zero-order valence-corrected chi connectivity index (χ0v) is 14.5. The van der Waals surface area contributed by atoms with Gasteiger partial charge in [0.1, 0.15) is 0 Å². The van der Waals surface area contributed by atoms with Crippen LogP contribution in [0.5, 0.6) is 0 Å². The number of rotatable bonds is 7. The lowest BCUT2D eigenvalue weighted by molar-refractivity contribution is 0.189. The fourth-order valence-corrected chi connectivity index (χ4v) is 4.31. The Labute approximate surface area is 132 Å². The van der Waals surface area contributed by atoms with E-state index in [1.54, 1.807) is 5.57 Å². The first-order chi connectivity index (χ1) is 10.1. The number of hydrogen-bond donors (Lipinski definition) is 1. The topological polar surface area (TPSA) is 15.3 Å². The van der Waals surface area contributed by atoms with Gasteiger partial charge in [0.05, 0.1) is 0 Å². The summed E-state index contributed by atoms with van der Waals surface area (Å²) in [5.74, 6) is 1.64. The third-order valence-corrected chi connectivity index (χ3v) is 5.38. The summed E-state index contributed by atoms with van der Waals surface area (Å²) in [6.07, 6.45) is 13.6. The van der Waals surface area contributed by atoms with Gasteiger partial charge in [0, 0.05) is 6.04 Å². The third kappa shape index (κ3) is 6.12. The quantitative estimate of drug-likeness (QED) is 0.558. The van der Waals surface area contributed by atoms with Crippen LogP contribution in [0.2, 0.25) is 0 Å². The summed E-state index contributed by atoms with van der Waals surface area (Å²) >= 11 is 0. The predicted molar refractivity (Wildman–Crippen MR) is 92.6 cm³/mol. The lowest BCUT2D eigenvalue weighted by Gasteiger charge is -2.31. The average molecular weight is 293 g/mol. The molecule has 1 N–H and O–H groups in total. The fourth-order valence-electron chi connectivity index (χ4n) is 4.31. The van der Waals surface area contributed by atoms with Crippen LogP contribution >= 0.6 is 0 Å². The first-order valence-electron chi connectivity index (χ1n) is 9.23.